The van der Waals surface area contributed by atoms with Crippen LogP contribution in [0.5, 0.6) is 5.75 Å². The van der Waals surface area contributed by atoms with Crippen LogP contribution in [0.3, 0.4) is 0 Å². The standard InChI is InChI=1S/C18H17Cl2N3O7S/c1-29-16-3-2-11(23(25)26)8-15(16)21-18(24)12-9-17(14(20)10-13(12)19)31(27,28)22-4-6-30-7-5-22/h2-3,8-10H,4-7H2,1H3,(H,21,24). The van der Waals surface area contributed by atoms with Gasteiger partial charge in [0.2, 0.25) is 10.0 Å². The van der Waals surface area contributed by atoms with Crippen LogP contribution in [0.2, 0.25) is 10.0 Å². The average Bonchev–Trinajstić information content (AvgIpc) is 2.74. The van der Waals surface area contributed by atoms with Crippen LogP contribution in [0.25, 0.3) is 0 Å². The van der Waals surface area contributed by atoms with Crippen molar-refractivity contribution in [2.75, 3.05) is 38.7 Å². The molecule has 0 aliphatic carbocycles. The van der Waals surface area contributed by atoms with E-state index in [0.717, 1.165) is 18.2 Å². The molecule has 1 N–H and O–H groups in total. The summed E-state index contributed by atoms with van der Waals surface area (Å²) in [4.78, 5) is 23.0. The Morgan fingerprint density at radius 2 is 1.87 bits per heavy atom. The van der Waals surface area contributed by atoms with Crippen molar-refractivity contribution in [1.29, 1.82) is 0 Å². The van der Waals surface area contributed by atoms with E-state index in [0.29, 0.717) is 0 Å². The molecule has 0 saturated carbocycles. The molecule has 0 radical (unpaired) electrons. The monoisotopic (exact) mass is 489 g/mol. The van der Waals surface area contributed by atoms with Gasteiger partial charge in [0, 0.05) is 25.2 Å². The van der Waals surface area contributed by atoms with Gasteiger partial charge in [-0.2, -0.15) is 4.31 Å². The number of hydrogen-bond acceptors (Lipinski definition) is 7. The number of carbonyl (C=O) groups is 1. The number of nitrogens with one attached hydrogen (secondary N) is 1. The minimum absolute atomic E-state index is 0.0188. The maximum absolute atomic E-state index is 13.0. The number of anilines is 1. The van der Waals surface area contributed by atoms with E-state index in [2.05, 4.69) is 5.32 Å². The lowest BCUT2D eigenvalue weighted by Gasteiger charge is -2.26. The highest BCUT2D eigenvalue weighted by atomic mass is 35.5. The van der Waals surface area contributed by atoms with Crippen LogP contribution in [0.15, 0.2) is 35.2 Å². The van der Waals surface area contributed by atoms with Crippen LogP contribution in [0, 0.1) is 10.1 Å². The number of carbonyl (C=O) groups excluding carboxylic acids is 1. The number of nitro groups is 1. The van der Waals surface area contributed by atoms with Gasteiger partial charge in [-0.15, -0.1) is 0 Å². The van der Waals surface area contributed by atoms with Gasteiger partial charge in [-0.1, -0.05) is 23.2 Å². The maximum Gasteiger partial charge on any atom is 0.271 e. The largest absolute Gasteiger partial charge is 0.495 e. The SMILES string of the molecule is COc1ccc([N+](=O)[O-])cc1NC(=O)c1cc(S(=O)(=O)N2CCOCC2)c(Cl)cc1Cl. The molecule has 0 unspecified atom stereocenters. The zero-order valence-corrected chi connectivity index (χ0v) is 18.5. The molecule has 1 aliphatic heterocycles. The molecular weight excluding hydrogens is 473 g/mol. The summed E-state index contributed by atoms with van der Waals surface area (Å²) in [5.41, 5.74) is -0.425. The summed E-state index contributed by atoms with van der Waals surface area (Å²) in [7, 11) is -2.67. The summed E-state index contributed by atoms with van der Waals surface area (Å²) in [6.07, 6.45) is 0. The highest BCUT2D eigenvalue weighted by molar-refractivity contribution is 7.89. The number of morpholine rings is 1. The Labute approximate surface area is 187 Å². The summed E-state index contributed by atoms with van der Waals surface area (Å²) in [5.74, 6) is -0.621. The molecule has 13 heteroatoms. The second-order valence-corrected chi connectivity index (χ2v) is 9.10. The third kappa shape index (κ3) is 4.91. The molecule has 1 amide bonds. The third-order valence-corrected chi connectivity index (χ3v) is 7.17. The van der Waals surface area contributed by atoms with E-state index < -0.39 is 20.9 Å². The van der Waals surface area contributed by atoms with Crippen molar-refractivity contribution in [2.24, 2.45) is 0 Å². The third-order valence-electron chi connectivity index (χ3n) is 4.50. The number of methoxy groups -OCH3 is 1. The van der Waals surface area contributed by atoms with Crippen molar-refractivity contribution in [3.05, 3.63) is 56.1 Å². The Morgan fingerprint density at radius 1 is 1.19 bits per heavy atom. The zero-order valence-electron chi connectivity index (χ0n) is 16.1. The molecular formula is C18H17Cl2N3O7S. The lowest BCUT2D eigenvalue weighted by atomic mass is 10.2. The number of hydrogen-bond donors (Lipinski definition) is 1. The van der Waals surface area contributed by atoms with Gasteiger partial charge in [0.05, 0.1) is 46.5 Å². The molecule has 1 aliphatic rings. The number of non-ortho nitro benzene ring substituents is 1. The first kappa shape index (κ1) is 23.2. The zero-order chi connectivity index (χ0) is 22.8. The number of benzene rings is 2. The molecule has 0 bridgehead atoms. The van der Waals surface area contributed by atoms with Crippen LogP contribution < -0.4 is 10.1 Å². The van der Waals surface area contributed by atoms with Gasteiger partial charge < -0.3 is 14.8 Å². The van der Waals surface area contributed by atoms with Crippen molar-refractivity contribution in [3.8, 4) is 5.75 Å². The molecule has 2 aromatic carbocycles. The number of rotatable bonds is 6. The molecule has 10 nitrogen and oxygen atoms in total. The van der Waals surface area contributed by atoms with Gasteiger partial charge in [-0.25, -0.2) is 8.42 Å². The van der Waals surface area contributed by atoms with E-state index in [1.165, 1.54) is 23.5 Å². The molecule has 1 saturated heterocycles. The van der Waals surface area contributed by atoms with Gasteiger partial charge in [-0.05, 0) is 18.2 Å². The van der Waals surface area contributed by atoms with Gasteiger partial charge in [-0.3, -0.25) is 14.9 Å². The van der Waals surface area contributed by atoms with E-state index in [1.807, 2.05) is 0 Å². The molecule has 31 heavy (non-hydrogen) atoms. The van der Waals surface area contributed by atoms with E-state index in [1.54, 1.807) is 0 Å². The van der Waals surface area contributed by atoms with Gasteiger partial charge >= 0.3 is 0 Å². The molecule has 0 spiro atoms. The molecule has 1 fully saturated rings. The predicted octanol–water partition coefficient (Wildman–Crippen LogP) is 3.18. The first-order valence-corrected chi connectivity index (χ1v) is 11.1. The first-order valence-electron chi connectivity index (χ1n) is 8.86. The Bertz CT molecular complexity index is 1140. The fourth-order valence-corrected chi connectivity index (χ4v) is 5.17. The van der Waals surface area contributed by atoms with Crippen LogP contribution in [-0.2, 0) is 14.8 Å². The molecule has 166 valence electrons. The van der Waals surface area contributed by atoms with Gasteiger partial charge in [0.1, 0.15) is 10.6 Å². The van der Waals surface area contributed by atoms with E-state index in [4.69, 9.17) is 32.7 Å². The lowest BCUT2D eigenvalue weighted by molar-refractivity contribution is -0.384. The summed E-state index contributed by atoms with van der Waals surface area (Å²) in [5, 5.41) is 13.3. The Balaban J connectivity index is 1.98. The molecule has 3 rings (SSSR count). The fraction of sp³-hybridized carbons (Fsp3) is 0.278. The lowest BCUT2D eigenvalue weighted by Crippen LogP contribution is -2.40. The van der Waals surface area contributed by atoms with Gasteiger partial charge in [0.15, 0.2) is 0 Å². The smallest absolute Gasteiger partial charge is 0.271 e. The molecule has 1 heterocycles. The van der Waals surface area contributed by atoms with Crippen molar-refractivity contribution >= 4 is 50.5 Å². The Kier molecular flexibility index (Phi) is 7.02. The van der Waals surface area contributed by atoms with Crippen molar-refractivity contribution < 1.29 is 27.6 Å². The first-order chi connectivity index (χ1) is 14.6. The average molecular weight is 490 g/mol. The van der Waals surface area contributed by atoms with Crippen molar-refractivity contribution in [2.45, 2.75) is 4.90 Å². The van der Waals surface area contributed by atoms with E-state index in [9.17, 15) is 23.3 Å². The minimum atomic E-state index is -4.00. The van der Waals surface area contributed by atoms with Crippen LogP contribution in [-0.4, -0.2) is 57.0 Å². The highest BCUT2D eigenvalue weighted by Gasteiger charge is 2.30. The van der Waals surface area contributed by atoms with Crippen LogP contribution in [0.4, 0.5) is 11.4 Å². The summed E-state index contributed by atoms with van der Waals surface area (Å²) >= 11 is 12.3. The Morgan fingerprint density at radius 3 is 2.48 bits per heavy atom. The quantitative estimate of drug-likeness (QED) is 0.487. The van der Waals surface area contributed by atoms with Crippen LogP contribution >= 0.6 is 23.2 Å². The number of nitro benzene ring substituents is 1. The summed E-state index contributed by atoms with van der Waals surface area (Å²) < 4.78 is 37.5. The fourth-order valence-electron chi connectivity index (χ4n) is 2.92. The summed E-state index contributed by atoms with van der Waals surface area (Å²) in [6.45, 7) is 0.774. The minimum Gasteiger partial charge on any atom is -0.495 e. The van der Waals surface area contributed by atoms with Crippen LogP contribution in [0.1, 0.15) is 10.4 Å². The molecule has 2 aromatic rings. The molecule has 0 aromatic heterocycles. The van der Waals surface area contributed by atoms with E-state index >= 15 is 0 Å². The Hall–Kier alpha value is -2.44. The van der Waals surface area contributed by atoms with Gasteiger partial charge in [0.25, 0.3) is 11.6 Å². The normalized spacial score (nSPS) is 14.8. The number of amides is 1. The maximum atomic E-state index is 13.0. The topological polar surface area (TPSA) is 128 Å². The second-order valence-electron chi connectivity index (χ2n) is 6.37. The number of halogens is 2. The summed E-state index contributed by atoms with van der Waals surface area (Å²) in [6, 6.07) is 5.90. The molecule has 0 atom stereocenters. The number of ether oxygens (including phenoxy) is 2. The highest BCUT2D eigenvalue weighted by Crippen LogP contribution is 2.33. The number of sulfonamides is 1. The number of nitrogens with zero attached hydrogens (tertiary/aromatic N) is 2. The predicted molar refractivity (Wildman–Crippen MR) is 114 cm³/mol. The van der Waals surface area contributed by atoms with Crippen molar-refractivity contribution in [3.63, 3.8) is 0 Å². The second kappa shape index (κ2) is 9.37. The van der Waals surface area contributed by atoms with Crippen molar-refractivity contribution in [1.82, 2.24) is 4.31 Å². The van der Waals surface area contributed by atoms with E-state index in [-0.39, 0.29) is 63.9 Å².